The molecule has 5 nitrogen and oxygen atoms in total. The van der Waals surface area contributed by atoms with Crippen LogP contribution in [0.3, 0.4) is 0 Å². The molecule has 0 aromatic heterocycles. The fraction of sp³-hybridized carbons (Fsp3) is 0.455. The van der Waals surface area contributed by atoms with Gasteiger partial charge in [0.2, 0.25) is 10.0 Å². The first-order chi connectivity index (χ1) is 9.20. The van der Waals surface area contributed by atoms with Crippen molar-refractivity contribution in [2.24, 2.45) is 5.73 Å². The maximum absolute atomic E-state index is 12.4. The standard InChI is InChI=1S/C11H15F3N2O3S/c12-11(13,14)8-16(5-6-17)20(18,19)10-3-1-9(7-15)2-4-10/h1-4,17H,5-8,15H2. The Hall–Kier alpha value is -1.16. The van der Waals surface area contributed by atoms with Gasteiger partial charge in [0, 0.05) is 13.1 Å². The van der Waals surface area contributed by atoms with Crippen molar-refractivity contribution < 1.29 is 26.7 Å². The van der Waals surface area contributed by atoms with Gasteiger partial charge in [-0.1, -0.05) is 12.1 Å². The van der Waals surface area contributed by atoms with Crippen LogP contribution >= 0.6 is 0 Å². The van der Waals surface area contributed by atoms with Crippen LogP contribution in [0.5, 0.6) is 0 Å². The van der Waals surface area contributed by atoms with Crippen molar-refractivity contribution in [3.63, 3.8) is 0 Å². The average Bonchev–Trinajstić information content (AvgIpc) is 2.37. The van der Waals surface area contributed by atoms with Gasteiger partial charge in [-0.25, -0.2) is 8.42 Å². The van der Waals surface area contributed by atoms with Crippen molar-refractivity contribution in [3.05, 3.63) is 29.8 Å². The quantitative estimate of drug-likeness (QED) is 0.809. The Bertz CT molecular complexity index is 529. The first-order valence-electron chi connectivity index (χ1n) is 5.67. The number of hydrogen-bond donors (Lipinski definition) is 2. The fourth-order valence-corrected chi connectivity index (χ4v) is 2.96. The third-order valence-electron chi connectivity index (χ3n) is 2.50. The van der Waals surface area contributed by atoms with E-state index >= 15 is 0 Å². The molecule has 0 heterocycles. The number of nitrogens with zero attached hydrogens (tertiary/aromatic N) is 1. The van der Waals surface area contributed by atoms with E-state index in [9.17, 15) is 21.6 Å². The molecule has 0 atom stereocenters. The van der Waals surface area contributed by atoms with E-state index in [0.29, 0.717) is 5.56 Å². The van der Waals surface area contributed by atoms with Crippen LogP contribution in [0.25, 0.3) is 0 Å². The van der Waals surface area contributed by atoms with Crippen LogP contribution < -0.4 is 5.73 Å². The molecular weight excluding hydrogens is 297 g/mol. The second kappa shape index (κ2) is 6.53. The average molecular weight is 312 g/mol. The molecule has 0 saturated heterocycles. The third kappa shape index (κ3) is 4.44. The highest BCUT2D eigenvalue weighted by Crippen LogP contribution is 2.22. The summed E-state index contributed by atoms with van der Waals surface area (Å²) in [5.74, 6) is 0. The number of alkyl halides is 3. The Balaban J connectivity index is 3.08. The Morgan fingerprint density at radius 1 is 1.20 bits per heavy atom. The molecule has 0 fully saturated rings. The van der Waals surface area contributed by atoms with Crippen LogP contribution in [0.2, 0.25) is 0 Å². The van der Waals surface area contributed by atoms with Crippen molar-refractivity contribution in [1.82, 2.24) is 4.31 Å². The smallest absolute Gasteiger partial charge is 0.395 e. The Morgan fingerprint density at radius 2 is 1.75 bits per heavy atom. The second-order valence-electron chi connectivity index (χ2n) is 4.03. The van der Waals surface area contributed by atoms with Crippen molar-refractivity contribution in [2.45, 2.75) is 17.6 Å². The summed E-state index contributed by atoms with van der Waals surface area (Å²) in [6.07, 6.45) is -4.68. The van der Waals surface area contributed by atoms with E-state index in [1.54, 1.807) is 0 Å². The molecule has 0 radical (unpaired) electrons. The van der Waals surface area contributed by atoms with Crippen molar-refractivity contribution in [3.8, 4) is 0 Å². The molecule has 0 aliphatic rings. The minimum absolute atomic E-state index is 0.198. The van der Waals surface area contributed by atoms with Gasteiger partial charge in [0.05, 0.1) is 11.5 Å². The van der Waals surface area contributed by atoms with Gasteiger partial charge >= 0.3 is 6.18 Å². The van der Waals surface area contributed by atoms with Crippen LogP contribution in [0.15, 0.2) is 29.2 Å². The Kier molecular flexibility index (Phi) is 5.51. The van der Waals surface area contributed by atoms with Crippen molar-refractivity contribution >= 4 is 10.0 Å². The molecule has 1 rings (SSSR count). The molecule has 1 aromatic carbocycles. The lowest BCUT2D eigenvalue weighted by Gasteiger charge is -2.22. The number of benzene rings is 1. The summed E-state index contributed by atoms with van der Waals surface area (Å²) in [4.78, 5) is -0.271. The zero-order valence-electron chi connectivity index (χ0n) is 10.5. The normalized spacial score (nSPS) is 12.9. The lowest BCUT2D eigenvalue weighted by molar-refractivity contribution is -0.136. The van der Waals surface area contributed by atoms with Crippen LogP contribution in [-0.2, 0) is 16.6 Å². The summed E-state index contributed by atoms with van der Waals surface area (Å²) in [6, 6.07) is 5.24. The number of aliphatic hydroxyl groups is 1. The zero-order valence-corrected chi connectivity index (χ0v) is 11.3. The molecule has 3 N–H and O–H groups in total. The van der Waals surface area contributed by atoms with Gasteiger partial charge in [-0.2, -0.15) is 17.5 Å². The third-order valence-corrected chi connectivity index (χ3v) is 4.36. The largest absolute Gasteiger partial charge is 0.402 e. The lowest BCUT2D eigenvalue weighted by Crippen LogP contribution is -2.40. The van der Waals surface area contributed by atoms with Gasteiger partial charge in [0.15, 0.2) is 0 Å². The molecule has 0 bridgehead atoms. The van der Waals surface area contributed by atoms with Crippen LogP contribution in [-0.4, -0.2) is 43.7 Å². The van der Waals surface area contributed by atoms with E-state index in [-0.39, 0.29) is 15.7 Å². The molecule has 0 amide bonds. The second-order valence-corrected chi connectivity index (χ2v) is 5.96. The molecule has 1 aromatic rings. The number of nitrogens with two attached hydrogens (primary N) is 1. The Morgan fingerprint density at radius 3 is 2.15 bits per heavy atom. The Labute approximate surface area is 114 Å². The molecule has 0 aliphatic carbocycles. The molecule has 9 heteroatoms. The zero-order chi connectivity index (χ0) is 15.4. The van der Waals surface area contributed by atoms with Gasteiger partial charge in [0.25, 0.3) is 0 Å². The number of rotatable bonds is 6. The van der Waals surface area contributed by atoms with Crippen molar-refractivity contribution in [2.75, 3.05) is 19.7 Å². The van der Waals surface area contributed by atoms with E-state index in [2.05, 4.69) is 0 Å². The molecule has 20 heavy (non-hydrogen) atoms. The van der Waals surface area contributed by atoms with E-state index in [1.807, 2.05) is 0 Å². The topological polar surface area (TPSA) is 83.6 Å². The number of halogens is 3. The van der Waals surface area contributed by atoms with Crippen LogP contribution in [0.1, 0.15) is 5.56 Å². The van der Waals surface area contributed by atoms with E-state index < -0.39 is 35.9 Å². The lowest BCUT2D eigenvalue weighted by atomic mass is 10.2. The number of sulfonamides is 1. The van der Waals surface area contributed by atoms with E-state index in [4.69, 9.17) is 10.8 Å². The molecule has 0 aliphatic heterocycles. The highest BCUT2D eigenvalue weighted by atomic mass is 32.2. The predicted octanol–water partition coefficient (Wildman–Crippen LogP) is 0.691. The van der Waals surface area contributed by atoms with E-state index in [1.165, 1.54) is 24.3 Å². The first-order valence-corrected chi connectivity index (χ1v) is 7.11. The number of hydrogen-bond acceptors (Lipinski definition) is 4. The summed E-state index contributed by atoms with van der Waals surface area (Å²) in [5, 5.41) is 8.74. The molecule has 0 saturated carbocycles. The molecular formula is C11H15F3N2O3S. The number of aliphatic hydroxyl groups excluding tert-OH is 1. The monoisotopic (exact) mass is 312 g/mol. The summed E-state index contributed by atoms with van der Waals surface area (Å²) in [6.45, 7) is -2.77. The van der Waals surface area contributed by atoms with Crippen LogP contribution in [0, 0.1) is 0 Å². The summed E-state index contributed by atoms with van der Waals surface area (Å²) in [5.41, 5.74) is 6.02. The van der Waals surface area contributed by atoms with Gasteiger partial charge in [-0.05, 0) is 17.7 Å². The highest BCUT2D eigenvalue weighted by molar-refractivity contribution is 7.89. The minimum Gasteiger partial charge on any atom is -0.395 e. The molecule has 0 unspecified atom stereocenters. The van der Waals surface area contributed by atoms with Crippen molar-refractivity contribution in [1.29, 1.82) is 0 Å². The van der Waals surface area contributed by atoms with Gasteiger partial charge < -0.3 is 10.8 Å². The summed E-state index contributed by atoms with van der Waals surface area (Å²) >= 11 is 0. The summed E-state index contributed by atoms with van der Waals surface area (Å²) < 4.78 is 61.5. The van der Waals surface area contributed by atoms with E-state index in [0.717, 1.165) is 0 Å². The van der Waals surface area contributed by atoms with Gasteiger partial charge in [0.1, 0.15) is 6.54 Å². The molecule has 0 spiro atoms. The highest BCUT2D eigenvalue weighted by Gasteiger charge is 2.36. The SMILES string of the molecule is NCc1ccc(S(=O)(=O)N(CCO)CC(F)(F)F)cc1. The first kappa shape index (κ1) is 16.9. The predicted molar refractivity (Wildman–Crippen MR) is 66.2 cm³/mol. The maximum atomic E-state index is 12.4. The maximum Gasteiger partial charge on any atom is 0.402 e. The summed E-state index contributed by atoms with van der Waals surface area (Å²) in [7, 11) is -4.31. The molecule has 114 valence electrons. The minimum atomic E-state index is -4.68. The van der Waals surface area contributed by atoms with Gasteiger partial charge in [-0.3, -0.25) is 0 Å². The van der Waals surface area contributed by atoms with Gasteiger partial charge in [-0.15, -0.1) is 0 Å². The van der Waals surface area contributed by atoms with Crippen LogP contribution in [0.4, 0.5) is 13.2 Å². The fourth-order valence-electron chi connectivity index (χ4n) is 1.54.